The van der Waals surface area contributed by atoms with E-state index in [2.05, 4.69) is 27.7 Å². The average Bonchev–Trinajstić information content (AvgIpc) is 2.39. The van der Waals surface area contributed by atoms with Gasteiger partial charge in [0.25, 0.3) is 0 Å². The van der Waals surface area contributed by atoms with Crippen LogP contribution < -0.4 is 0 Å². The standard InChI is InChI=1S/C19H38O2/c1-15(2)10-12-18(13-11-16(3)4)21-14-8-7-9-19(20)17(5)6/h15-18H,7-14H2,1-6H3. The molecule has 0 bridgehead atoms. The molecule has 0 saturated heterocycles. The molecule has 2 heteroatoms. The molecule has 126 valence electrons. The zero-order valence-electron chi connectivity index (χ0n) is 15.3. The third kappa shape index (κ3) is 13.0. The molecule has 0 saturated carbocycles. The molecular weight excluding hydrogens is 260 g/mol. The van der Waals surface area contributed by atoms with Gasteiger partial charge in [0.1, 0.15) is 5.78 Å². The molecule has 0 fully saturated rings. The molecule has 21 heavy (non-hydrogen) atoms. The predicted molar refractivity (Wildman–Crippen MR) is 91.6 cm³/mol. The third-order valence-electron chi connectivity index (χ3n) is 3.95. The van der Waals surface area contributed by atoms with Crippen LogP contribution in [0, 0.1) is 17.8 Å². The highest BCUT2D eigenvalue weighted by Crippen LogP contribution is 2.17. The number of unbranched alkanes of at least 4 members (excludes halogenated alkanes) is 1. The topological polar surface area (TPSA) is 26.3 Å². The molecule has 0 aliphatic rings. The summed E-state index contributed by atoms with van der Waals surface area (Å²) >= 11 is 0. The Hall–Kier alpha value is -0.370. The van der Waals surface area contributed by atoms with Gasteiger partial charge in [0.15, 0.2) is 0 Å². The van der Waals surface area contributed by atoms with Crippen LogP contribution in [-0.2, 0) is 9.53 Å². The molecule has 0 heterocycles. The lowest BCUT2D eigenvalue weighted by Crippen LogP contribution is -2.16. The summed E-state index contributed by atoms with van der Waals surface area (Å²) in [6.45, 7) is 13.9. The molecule has 0 radical (unpaired) electrons. The van der Waals surface area contributed by atoms with Gasteiger partial charge in [0.05, 0.1) is 6.10 Å². The van der Waals surface area contributed by atoms with Gasteiger partial charge >= 0.3 is 0 Å². The normalized spacial score (nSPS) is 12.1. The first kappa shape index (κ1) is 20.6. The Kier molecular flexibility index (Phi) is 12.0. The third-order valence-corrected chi connectivity index (χ3v) is 3.95. The second kappa shape index (κ2) is 12.2. The minimum Gasteiger partial charge on any atom is -0.378 e. The summed E-state index contributed by atoms with van der Waals surface area (Å²) in [5, 5.41) is 0. The first-order chi connectivity index (χ1) is 9.82. The van der Waals surface area contributed by atoms with Crippen LogP contribution >= 0.6 is 0 Å². The molecule has 0 aliphatic carbocycles. The van der Waals surface area contributed by atoms with Crippen LogP contribution in [0.4, 0.5) is 0 Å². The molecule has 0 aliphatic heterocycles. The van der Waals surface area contributed by atoms with Crippen LogP contribution in [0.2, 0.25) is 0 Å². The van der Waals surface area contributed by atoms with E-state index < -0.39 is 0 Å². The van der Waals surface area contributed by atoms with E-state index >= 15 is 0 Å². The molecule has 0 unspecified atom stereocenters. The van der Waals surface area contributed by atoms with Gasteiger partial charge in [0, 0.05) is 18.9 Å². The largest absolute Gasteiger partial charge is 0.378 e. The number of ether oxygens (including phenoxy) is 1. The molecule has 2 nitrogen and oxygen atoms in total. The summed E-state index contributed by atoms with van der Waals surface area (Å²) in [6, 6.07) is 0. The van der Waals surface area contributed by atoms with Crippen molar-refractivity contribution in [2.45, 2.75) is 92.6 Å². The van der Waals surface area contributed by atoms with Gasteiger partial charge in [-0.25, -0.2) is 0 Å². The average molecular weight is 299 g/mol. The van der Waals surface area contributed by atoms with E-state index in [4.69, 9.17) is 4.74 Å². The first-order valence-corrected chi connectivity index (χ1v) is 8.97. The fraction of sp³-hybridized carbons (Fsp3) is 0.947. The number of carbonyl (C=O) groups excluding carboxylic acids is 1. The first-order valence-electron chi connectivity index (χ1n) is 8.97. The molecule has 0 aromatic rings. The Morgan fingerprint density at radius 2 is 1.33 bits per heavy atom. The van der Waals surface area contributed by atoms with Crippen molar-refractivity contribution < 1.29 is 9.53 Å². The smallest absolute Gasteiger partial charge is 0.135 e. The second-order valence-corrected chi connectivity index (χ2v) is 7.51. The van der Waals surface area contributed by atoms with Crippen molar-refractivity contribution in [2.24, 2.45) is 17.8 Å². The van der Waals surface area contributed by atoms with Crippen molar-refractivity contribution >= 4 is 5.78 Å². The maximum Gasteiger partial charge on any atom is 0.135 e. The number of hydrogen-bond donors (Lipinski definition) is 0. The molecule has 0 atom stereocenters. The van der Waals surface area contributed by atoms with Gasteiger partial charge in [-0.1, -0.05) is 41.5 Å². The minimum atomic E-state index is 0.177. The van der Waals surface area contributed by atoms with Crippen LogP contribution in [-0.4, -0.2) is 18.5 Å². The lowest BCUT2D eigenvalue weighted by atomic mass is 9.98. The second-order valence-electron chi connectivity index (χ2n) is 7.51. The number of hydrogen-bond acceptors (Lipinski definition) is 2. The van der Waals surface area contributed by atoms with E-state index in [1.165, 1.54) is 25.7 Å². The maximum atomic E-state index is 11.6. The summed E-state index contributed by atoms with van der Waals surface area (Å²) in [4.78, 5) is 11.6. The quantitative estimate of drug-likeness (QED) is 0.411. The molecular formula is C19H38O2. The van der Waals surface area contributed by atoms with E-state index in [-0.39, 0.29) is 5.92 Å². The van der Waals surface area contributed by atoms with E-state index in [0.717, 1.165) is 31.3 Å². The molecule has 0 aromatic heterocycles. The van der Waals surface area contributed by atoms with Crippen LogP contribution in [0.1, 0.15) is 86.5 Å². The lowest BCUT2D eigenvalue weighted by Gasteiger charge is -2.20. The van der Waals surface area contributed by atoms with Crippen molar-refractivity contribution in [1.29, 1.82) is 0 Å². The summed E-state index contributed by atoms with van der Waals surface area (Å²) in [5.41, 5.74) is 0. The number of rotatable bonds is 13. The molecule has 0 spiro atoms. The van der Waals surface area contributed by atoms with E-state index in [1.54, 1.807) is 0 Å². The number of Topliss-reactive ketones (excluding diaryl/α,β-unsaturated/α-hetero) is 1. The minimum absolute atomic E-state index is 0.177. The number of ketones is 1. The Bertz CT molecular complexity index is 244. The van der Waals surface area contributed by atoms with E-state index in [1.807, 2.05) is 13.8 Å². The Morgan fingerprint density at radius 3 is 1.76 bits per heavy atom. The van der Waals surface area contributed by atoms with Gasteiger partial charge in [-0.15, -0.1) is 0 Å². The van der Waals surface area contributed by atoms with Crippen LogP contribution in [0.15, 0.2) is 0 Å². The van der Waals surface area contributed by atoms with Crippen molar-refractivity contribution in [2.75, 3.05) is 6.61 Å². The Morgan fingerprint density at radius 1 is 0.810 bits per heavy atom. The molecule has 0 aromatic carbocycles. The van der Waals surface area contributed by atoms with E-state index in [0.29, 0.717) is 18.3 Å². The predicted octanol–water partition coefficient (Wildman–Crippen LogP) is 5.64. The highest BCUT2D eigenvalue weighted by atomic mass is 16.5. The van der Waals surface area contributed by atoms with Crippen molar-refractivity contribution in [3.63, 3.8) is 0 Å². The van der Waals surface area contributed by atoms with Gasteiger partial charge in [-0.05, 0) is 50.4 Å². The van der Waals surface area contributed by atoms with Crippen molar-refractivity contribution in [3.8, 4) is 0 Å². The Balaban J connectivity index is 3.85. The lowest BCUT2D eigenvalue weighted by molar-refractivity contribution is -0.122. The van der Waals surface area contributed by atoms with Crippen molar-refractivity contribution in [3.05, 3.63) is 0 Å². The van der Waals surface area contributed by atoms with Crippen LogP contribution in [0.3, 0.4) is 0 Å². The summed E-state index contributed by atoms with van der Waals surface area (Å²) in [7, 11) is 0. The zero-order valence-corrected chi connectivity index (χ0v) is 15.3. The Labute approximate surface area is 133 Å². The van der Waals surface area contributed by atoms with Gasteiger partial charge in [0.2, 0.25) is 0 Å². The SMILES string of the molecule is CC(C)CCC(CCC(C)C)OCCCCC(=O)C(C)C. The van der Waals surface area contributed by atoms with Crippen LogP contribution in [0.5, 0.6) is 0 Å². The van der Waals surface area contributed by atoms with Crippen molar-refractivity contribution in [1.82, 2.24) is 0 Å². The molecule has 0 N–H and O–H groups in total. The van der Waals surface area contributed by atoms with Gasteiger partial charge in [-0.2, -0.15) is 0 Å². The highest BCUT2D eigenvalue weighted by Gasteiger charge is 2.12. The zero-order chi connectivity index (χ0) is 16.3. The fourth-order valence-corrected chi connectivity index (χ4v) is 2.29. The summed E-state index contributed by atoms with van der Waals surface area (Å²) in [5.74, 6) is 2.06. The molecule has 0 rings (SSSR count). The summed E-state index contributed by atoms with van der Waals surface area (Å²) < 4.78 is 6.07. The van der Waals surface area contributed by atoms with E-state index in [9.17, 15) is 4.79 Å². The van der Waals surface area contributed by atoms with Gasteiger partial charge in [-0.3, -0.25) is 4.79 Å². The fourth-order valence-electron chi connectivity index (χ4n) is 2.29. The maximum absolute atomic E-state index is 11.6. The summed E-state index contributed by atoms with van der Waals surface area (Å²) in [6.07, 6.45) is 7.95. The highest BCUT2D eigenvalue weighted by molar-refractivity contribution is 5.80. The number of carbonyl (C=O) groups is 1. The van der Waals surface area contributed by atoms with Gasteiger partial charge < -0.3 is 4.74 Å². The molecule has 0 amide bonds. The van der Waals surface area contributed by atoms with Crippen LogP contribution in [0.25, 0.3) is 0 Å². The monoisotopic (exact) mass is 298 g/mol.